The molecule has 1 amide bonds. The number of rotatable bonds is 4. The molecule has 1 aromatic carbocycles. The summed E-state index contributed by atoms with van der Waals surface area (Å²) in [6.45, 7) is 0.134. The summed E-state index contributed by atoms with van der Waals surface area (Å²) < 4.78 is 1.57. The van der Waals surface area contributed by atoms with Crippen molar-refractivity contribution in [3.05, 3.63) is 47.2 Å². The smallest absolute Gasteiger partial charge is 0.254 e. The zero-order chi connectivity index (χ0) is 13.0. The number of benzene rings is 1. The van der Waals surface area contributed by atoms with Crippen LogP contribution < -0.4 is 5.32 Å². The summed E-state index contributed by atoms with van der Waals surface area (Å²) in [6, 6.07) is 7.17. The van der Waals surface area contributed by atoms with E-state index in [2.05, 4.69) is 10.4 Å². The molecule has 0 fully saturated rings. The van der Waals surface area contributed by atoms with Gasteiger partial charge in [0.15, 0.2) is 0 Å². The van der Waals surface area contributed by atoms with Crippen LogP contribution in [-0.2, 0) is 0 Å². The van der Waals surface area contributed by atoms with Crippen molar-refractivity contribution < 1.29 is 9.90 Å². The Hall–Kier alpha value is -1.85. The van der Waals surface area contributed by atoms with Crippen molar-refractivity contribution in [1.82, 2.24) is 15.1 Å². The maximum atomic E-state index is 11.6. The Morgan fingerprint density at radius 3 is 3.06 bits per heavy atom. The van der Waals surface area contributed by atoms with E-state index in [1.165, 1.54) is 6.20 Å². The van der Waals surface area contributed by atoms with Crippen molar-refractivity contribution in [3.8, 4) is 5.69 Å². The number of hydrogen-bond acceptors (Lipinski definition) is 3. The van der Waals surface area contributed by atoms with Gasteiger partial charge in [0.2, 0.25) is 0 Å². The van der Waals surface area contributed by atoms with Gasteiger partial charge < -0.3 is 10.4 Å². The molecule has 18 heavy (non-hydrogen) atoms. The number of hydrogen-bond donors (Lipinski definition) is 2. The van der Waals surface area contributed by atoms with Crippen LogP contribution in [-0.4, -0.2) is 33.9 Å². The van der Waals surface area contributed by atoms with Gasteiger partial charge in [-0.1, -0.05) is 17.7 Å². The number of aliphatic hydroxyl groups excluding tert-OH is 1. The van der Waals surface area contributed by atoms with Crippen molar-refractivity contribution in [2.24, 2.45) is 0 Å². The maximum absolute atomic E-state index is 11.6. The SMILES string of the molecule is O=C(NCCO)c1cnn(-c2cccc(Cl)c2)c1. The van der Waals surface area contributed by atoms with Gasteiger partial charge in [0.1, 0.15) is 0 Å². The van der Waals surface area contributed by atoms with Gasteiger partial charge in [0.05, 0.1) is 24.1 Å². The Bertz CT molecular complexity index is 554. The molecule has 2 aromatic rings. The summed E-state index contributed by atoms with van der Waals surface area (Å²) in [5.74, 6) is -0.266. The fourth-order valence-electron chi connectivity index (χ4n) is 1.47. The van der Waals surface area contributed by atoms with Crippen LogP contribution in [0, 0.1) is 0 Å². The summed E-state index contributed by atoms with van der Waals surface area (Å²) >= 11 is 5.88. The predicted molar refractivity (Wildman–Crippen MR) is 68.0 cm³/mol. The molecule has 0 radical (unpaired) electrons. The summed E-state index contributed by atoms with van der Waals surface area (Å²) in [6.07, 6.45) is 3.08. The molecule has 1 heterocycles. The molecule has 0 atom stereocenters. The standard InChI is InChI=1S/C12H12ClN3O2/c13-10-2-1-3-11(6-10)16-8-9(7-15-16)12(18)14-4-5-17/h1-3,6-8,17H,4-5H2,(H,14,18). The molecule has 0 spiro atoms. The number of amides is 1. The van der Waals surface area contributed by atoms with Gasteiger partial charge in [-0.25, -0.2) is 4.68 Å². The van der Waals surface area contributed by atoms with Gasteiger partial charge >= 0.3 is 0 Å². The Morgan fingerprint density at radius 2 is 2.33 bits per heavy atom. The number of carbonyl (C=O) groups is 1. The zero-order valence-corrected chi connectivity index (χ0v) is 10.3. The number of halogens is 1. The van der Waals surface area contributed by atoms with Crippen LogP contribution in [0.4, 0.5) is 0 Å². The highest BCUT2D eigenvalue weighted by molar-refractivity contribution is 6.30. The van der Waals surface area contributed by atoms with Crippen LogP contribution >= 0.6 is 11.6 Å². The quantitative estimate of drug-likeness (QED) is 0.874. The molecule has 1 aromatic heterocycles. The highest BCUT2D eigenvalue weighted by atomic mass is 35.5. The van der Waals surface area contributed by atoms with Gasteiger partial charge in [0.25, 0.3) is 5.91 Å². The van der Waals surface area contributed by atoms with E-state index in [4.69, 9.17) is 16.7 Å². The number of nitrogens with one attached hydrogen (secondary N) is 1. The Kier molecular flexibility index (Phi) is 3.96. The predicted octanol–water partition coefficient (Wildman–Crippen LogP) is 1.25. The van der Waals surface area contributed by atoms with Crippen LogP contribution in [0.2, 0.25) is 5.02 Å². The van der Waals surface area contributed by atoms with Crippen molar-refractivity contribution in [2.45, 2.75) is 0 Å². The lowest BCUT2D eigenvalue weighted by Gasteiger charge is -2.01. The normalized spacial score (nSPS) is 10.3. The number of carbonyl (C=O) groups excluding carboxylic acids is 1. The molecule has 0 bridgehead atoms. The first-order chi connectivity index (χ1) is 8.70. The van der Waals surface area contributed by atoms with E-state index in [0.717, 1.165) is 5.69 Å². The topological polar surface area (TPSA) is 67.2 Å². The second kappa shape index (κ2) is 5.66. The molecule has 0 aliphatic rings. The number of aliphatic hydroxyl groups is 1. The number of nitrogens with zero attached hydrogens (tertiary/aromatic N) is 2. The molecule has 2 rings (SSSR count). The van der Waals surface area contributed by atoms with Crippen LogP contribution in [0.5, 0.6) is 0 Å². The van der Waals surface area contributed by atoms with E-state index in [1.807, 2.05) is 12.1 Å². The molecule has 0 saturated carbocycles. The Labute approximate surface area is 109 Å². The van der Waals surface area contributed by atoms with Crippen molar-refractivity contribution in [2.75, 3.05) is 13.2 Å². The minimum absolute atomic E-state index is 0.0891. The second-order valence-electron chi connectivity index (χ2n) is 3.63. The molecule has 5 nitrogen and oxygen atoms in total. The fraction of sp³-hybridized carbons (Fsp3) is 0.167. The van der Waals surface area contributed by atoms with E-state index in [1.54, 1.807) is 23.0 Å². The molecule has 0 aliphatic heterocycles. The molecule has 0 saturated heterocycles. The highest BCUT2D eigenvalue weighted by Gasteiger charge is 2.08. The monoisotopic (exact) mass is 265 g/mol. The van der Waals surface area contributed by atoms with E-state index in [-0.39, 0.29) is 19.1 Å². The summed E-state index contributed by atoms with van der Waals surface area (Å²) in [4.78, 5) is 11.6. The Morgan fingerprint density at radius 1 is 1.50 bits per heavy atom. The summed E-state index contributed by atoms with van der Waals surface area (Å²) in [5, 5.41) is 15.9. The van der Waals surface area contributed by atoms with Gasteiger partial charge in [-0.05, 0) is 18.2 Å². The first kappa shape index (κ1) is 12.6. The van der Waals surface area contributed by atoms with E-state index in [0.29, 0.717) is 10.6 Å². The lowest BCUT2D eigenvalue weighted by molar-refractivity contribution is 0.0945. The molecule has 0 aliphatic carbocycles. The molecular weight excluding hydrogens is 254 g/mol. The van der Waals surface area contributed by atoms with Gasteiger partial charge in [-0.2, -0.15) is 5.10 Å². The molecule has 94 valence electrons. The average molecular weight is 266 g/mol. The zero-order valence-electron chi connectivity index (χ0n) is 9.51. The van der Waals surface area contributed by atoms with Crippen LogP contribution in [0.3, 0.4) is 0 Å². The fourth-order valence-corrected chi connectivity index (χ4v) is 1.66. The van der Waals surface area contributed by atoms with Crippen molar-refractivity contribution >= 4 is 17.5 Å². The first-order valence-corrected chi connectivity index (χ1v) is 5.78. The lowest BCUT2D eigenvalue weighted by atomic mass is 10.3. The third-order valence-electron chi connectivity index (χ3n) is 2.31. The average Bonchev–Trinajstić information content (AvgIpc) is 2.85. The highest BCUT2D eigenvalue weighted by Crippen LogP contribution is 2.14. The van der Waals surface area contributed by atoms with Crippen molar-refractivity contribution in [1.29, 1.82) is 0 Å². The third kappa shape index (κ3) is 2.88. The van der Waals surface area contributed by atoms with Crippen LogP contribution in [0.15, 0.2) is 36.7 Å². The molecule has 0 unspecified atom stereocenters. The van der Waals surface area contributed by atoms with Gasteiger partial charge in [-0.15, -0.1) is 0 Å². The van der Waals surface area contributed by atoms with Crippen LogP contribution in [0.25, 0.3) is 5.69 Å². The molecular formula is C12H12ClN3O2. The van der Waals surface area contributed by atoms with Crippen molar-refractivity contribution in [3.63, 3.8) is 0 Å². The molecule has 2 N–H and O–H groups in total. The van der Waals surface area contributed by atoms with E-state index < -0.39 is 0 Å². The Balaban J connectivity index is 2.17. The minimum Gasteiger partial charge on any atom is -0.395 e. The minimum atomic E-state index is -0.266. The van der Waals surface area contributed by atoms with E-state index in [9.17, 15) is 4.79 Å². The molecule has 6 heteroatoms. The maximum Gasteiger partial charge on any atom is 0.254 e. The van der Waals surface area contributed by atoms with Crippen LogP contribution in [0.1, 0.15) is 10.4 Å². The largest absolute Gasteiger partial charge is 0.395 e. The third-order valence-corrected chi connectivity index (χ3v) is 2.55. The summed E-state index contributed by atoms with van der Waals surface area (Å²) in [5.41, 5.74) is 1.21. The first-order valence-electron chi connectivity index (χ1n) is 5.40. The lowest BCUT2D eigenvalue weighted by Crippen LogP contribution is -2.25. The second-order valence-corrected chi connectivity index (χ2v) is 4.07. The number of aromatic nitrogens is 2. The van der Waals surface area contributed by atoms with E-state index >= 15 is 0 Å². The van der Waals surface area contributed by atoms with Gasteiger partial charge in [0, 0.05) is 17.8 Å². The summed E-state index contributed by atoms with van der Waals surface area (Å²) in [7, 11) is 0. The van der Waals surface area contributed by atoms with Gasteiger partial charge in [-0.3, -0.25) is 4.79 Å².